The van der Waals surface area contributed by atoms with E-state index in [9.17, 15) is 14.4 Å². The van der Waals surface area contributed by atoms with E-state index in [1.54, 1.807) is 24.3 Å². The SMILES string of the molecule is CCCCCCCCOC(=O)c1ccc(N2C(=O)c3cc(Cl)c(Cl)cc3C2=O)cc1. The third-order valence-corrected chi connectivity index (χ3v) is 5.74. The minimum atomic E-state index is -0.480. The molecule has 2 aromatic carbocycles. The van der Waals surface area contributed by atoms with Crippen LogP contribution >= 0.6 is 23.2 Å². The van der Waals surface area contributed by atoms with E-state index in [0.29, 0.717) is 17.9 Å². The summed E-state index contributed by atoms with van der Waals surface area (Å²) in [4.78, 5) is 38.6. The van der Waals surface area contributed by atoms with Gasteiger partial charge in [0.1, 0.15) is 0 Å². The molecule has 2 aromatic rings. The van der Waals surface area contributed by atoms with Gasteiger partial charge in [-0.3, -0.25) is 9.59 Å². The second-order valence-corrected chi connectivity index (χ2v) is 8.02. The molecule has 3 rings (SSSR count). The highest BCUT2D eigenvalue weighted by Gasteiger charge is 2.37. The molecule has 0 unspecified atom stereocenters. The van der Waals surface area contributed by atoms with E-state index in [2.05, 4.69) is 6.92 Å². The van der Waals surface area contributed by atoms with Crippen LogP contribution in [-0.2, 0) is 4.74 Å². The van der Waals surface area contributed by atoms with Crippen LogP contribution in [0.3, 0.4) is 0 Å². The van der Waals surface area contributed by atoms with Gasteiger partial charge in [-0.2, -0.15) is 0 Å². The Morgan fingerprint density at radius 1 is 0.867 bits per heavy atom. The van der Waals surface area contributed by atoms with Gasteiger partial charge in [0.2, 0.25) is 0 Å². The first kappa shape index (κ1) is 22.3. The number of carbonyl (C=O) groups excluding carboxylic acids is 3. The first-order valence-corrected chi connectivity index (χ1v) is 10.8. The molecule has 0 aromatic heterocycles. The molecule has 0 aliphatic carbocycles. The van der Waals surface area contributed by atoms with Crippen LogP contribution in [0.1, 0.15) is 76.5 Å². The number of anilines is 1. The molecule has 5 nitrogen and oxygen atoms in total. The summed E-state index contributed by atoms with van der Waals surface area (Å²) in [6.07, 6.45) is 6.68. The second-order valence-electron chi connectivity index (χ2n) is 7.21. The predicted molar refractivity (Wildman–Crippen MR) is 118 cm³/mol. The van der Waals surface area contributed by atoms with Crippen molar-refractivity contribution in [2.75, 3.05) is 11.5 Å². The Kier molecular flexibility index (Phi) is 7.51. The molecular formula is C23H23Cl2NO4. The molecule has 0 N–H and O–H groups in total. The molecule has 0 fully saturated rings. The van der Waals surface area contributed by atoms with Crippen molar-refractivity contribution >= 4 is 46.7 Å². The maximum Gasteiger partial charge on any atom is 0.338 e. The average Bonchev–Trinajstić information content (AvgIpc) is 2.97. The van der Waals surface area contributed by atoms with Crippen LogP contribution in [0, 0.1) is 0 Å². The van der Waals surface area contributed by atoms with Crippen molar-refractivity contribution in [3.8, 4) is 0 Å². The van der Waals surface area contributed by atoms with E-state index in [4.69, 9.17) is 27.9 Å². The van der Waals surface area contributed by atoms with Crippen LogP contribution < -0.4 is 4.90 Å². The van der Waals surface area contributed by atoms with E-state index in [1.165, 1.54) is 31.4 Å². The molecule has 158 valence electrons. The van der Waals surface area contributed by atoms with Crippen molar-refractivity contribution in [3.05, 3.63) is 63.1 Å². The van der Waals surface area contributed by atoms with Crippen molar-refractivity contribution in [1.82, 2.24) is 0 Å². The average molecular weight is 448 g/mol. The fraction of sp³-hybridized carbons (Fsp3) is 0.348. The summed E-state index contributed by atoms with van der Waals surface area (Å²) in [5, 5.41) is 0.420. The third kappa shape index (κ3) is 4.85. The van der Waals surface area contributed by atoms with Crippen molar-refractivity contribution in [2.24, 2.45) is 0 Å². The van der Waals surface area contributed by atoms with Crippen LogP contribution in [0.15, 0.2) is 36.4 Å². The lowest BCUT2D eigenvalue weighted by molar-refractivity contribution is 0.0497. The lowest BCUT2D eigenvalue weighted by atomic mass is 10.1. The molecule has 1 aliphatic rings. The topological polar surface area (TPSA) is 63.7 Å². The van der Waals surface area contributed by atoms with Gasteiger partial charge in [-0.05, 0) is 42.8 Å². The summed E-state index contributed by atoms with van der Waals surface area (Å²) in [5.74, 6) is -1.38. The molecule has 0 radical (unpaired) electrons. The lowest BCUT2D eigenvalue weighted by Crippen LogP contribution is -2.29. The minimum Gasteiger partial charge on any atom is -0.462 e. The molecule has 0 spiro atoms. The highest BCUT2D eigenvalue weighted by molar-refractivity contribution is 6.44. The van der Waals surface area contributed by atoms with Gasteiger partial charge < -0.3 is 4.74 Å². The fourth-order valence-electron chi connectivity index (χ4n) is 3.35. The number of nitrogens with zero attached hydrogens (tertiary/aromatic N) is 1. The number of rotatable bonds is 9. The van der Waals surface area contributed by atoms with Crippen LogP contribution in [0.5, 0.6) is 0 Å². The summed E-state index contributed by atoms with van der Waals surface area (Å²) >= 11 is 11.9. The Morgan fingerprint density at radius 2 is 1.40 bits per heavy atom. The monoisotopic (exact) mass is 447 g/mol. The highest BCUT2D eigenvalue weighted by Crippen LogP contribution is 2.34. The van der Waals surface area contributed by atoms with Crippen molar-refractivity contribution in [2.45, 2.75) is 45.4 Å². The highest BCUT2D eigenvalue weighted by atomic mass is 35.5. The number of halogens is 2. The summed E-state index contributed by atoms with van der Waals surface area (Å²) < 4.78 is 5.30. The number of fused-ring (bicyclic) bond motifs is 1. The van der Waals surface area contributed by atoms with Crippen molar-refractivity contribution in [3.63, 3.8) is 0 Å². The molecule has 0 saturated carbocycles. The Balaban J connectivity index is 1.60. The van der Waals surface area contributed by atoms with Crippen molar-refractivity contribution in [1.29, 1.82) is 0 Å². The number of carbonyl (C=O) groups is 3. The van der Waals surface area contributed by atoms with E-state index < -0.39 is 17.8 Å². The standard InChI is InChI=1S/C23H23Cl2NO4/c1-2-3-4-5-6-7-12-30-23(29)15-8-10-16(11-9-15)26-21(27)17-13-19(24)20(25)14-18(17)22(26)28/h8-11,13-14H,2-7,12H2,1H3. The molecule has 0 saturated heterocycles. The van der Waals surface area contributed by atoms with Crippen LogP contribution in [-0.4, -0.2) is 24.4 Å². The number of benzene rings is 2. The predicted octanol–water partition coefficient (Wildman–Crippen LogP) is 6.31. The Labute approximate surface area is 185 Å². The normalized spacial score (nSPS) is 13.0. The second kappa shape index (κ2) is 10.1. The van der Waals surface area contributed by atoms with E-state index in [1.807, 2.05) is 0 Å². The van der Waals surface area contributed by atoms with Gasteiger partial charge in [0.25, 0.3) is 11.8 Å². The van der Waals surface area contributed by atoms with E-state index >= 15 is 0 Å². The lowest BCUT2D eigenvalue weighted by Gasteiger charge is -2.14. The summed E-state index contributed by atoms with van der Waals surface area (Å²) in [6, 6.07) is 8.98. The number of hydrogen-bond donors (Lipinski definition) is 0. The van der Waals surface area contributed by atoms with Crippen molar-refractivity contribution < 1.29 is 19.1 Å². The van der Waals surface area contributed by atoms with Crippen LogP contribution in [0.25, 0.3) is 0 Å². The zero-order valence-corrected chi connectivity index (χ0v) is 18.3. The van der Waals surface area contributed by atoms with Crippen LogP contribution in [0.4, 0.5) is 5.69 Å². The molecular weight excluding hydrogens is 425 g/mol. The van der Waals surface area contributed by atoms with Gasteiger partial charge in [-0.15, -0.1) is 0 Å². The zero-order valence-electron chi connectivity index (χ0n) is 16.7. The molecule has 0 atom stereocenters. The zero-order chi connectivity index (χ0) is 21.7. The number of amides is 2. The summed E-state index contributed by atoms with van der Waals surface area (Å²) in [7, 11) is 0. The number of ether oxygens (including phenoxy) is 1. The Hall–Kier alpha value is -2.37. The fourth-order valence-corrected chi connectivity index (χ4v) is 3.67. The largest absolute Gasteiger partial charge is 0.462 e. The van der Waals surface area contributed by atoms with Gasteiger partial charge >= 0.3 is 5.97 Å². The maximum atomic E-state index is 12.7. The van der Waals surface area contributed by atoms with Gasteiger partial charge in [0.15, 0.2) is 0 Å². The van der Waals surface area contributed by atoms with Gasteiger partial charge in [0.05, 0.1) is 39.0 Å². The van der Waals surface area contributed by atoms with E-state index in [0.717, 1.165) is 24.2 Å². The molecule has 7 heteroatoms. The Bertz CT molecular complexity index is 915. The number of hydrogen-bond acceptors (Lipinski definition) is 4. The number of imide groups is 1. The van der Waals surface area contributed by atoms with Gasteiger partial charge in [0, 0.05) is 0 Å². The van der Waals surface area contributed by atoms with Crippen LogP contribution in [0.2, 0.25) is 10.0 Å². The quantitative estimate of drug-likeness (QED) is 0.256. The molecule has 0 bridgehead atoms. The Morgan fingerprint density at radius 3 is 1.97 bits per heavy atom. The van der Waals surface area contributed by atoms with E-state index in [-0.39, 0.29) is 21.2 Å². The minimum absolute atomic E-state index is 0.205. The first-order chi connectivity index (χ1) is 14.4. The number of unbranched alkanes of at least 4 members (excludes halogenated alkanes) is 5. The molecule has 1 heterocycles. The molecule has 30 heavy (non-hydrogen) atoms. The number of esters is 1. The maximum absolute atomic E-state index is 12.7. The van der Waals surface area contributed by atoms with Gasteiger partial charge in [-0.1, -0.05) is 62.2 Å². The third-order valence-electron chi connectivity index (χ3n) is 5.02. The molecule has 1 aliphatic heterocycles. The smallest absolute Gasteiger partial charge is 0.338 e. The summed E-state index contributed by atoms with van der Waals surface area (Å²) in [6.45, 7) is 2.55. The summed E-state index contributed by atoms with van der Waals surface area (Å²) in [5.41, 5.74) is 1.14. The first-order valence-electron chi connectivity index (χ1n) is 10.1. The molecule has 2 amide bonds. The van der Waals surface area contributed by atoms with Gasteiger partial charge in [-0.25, -0.2) is 9.69 Å².